The van der Waals surface area contributed by atoms with Crippen molar-refractivity contribution < 1.29 is 5.11 Å². The maximum Gasteiger partial charge on any atom is 0.0989 e. The van der Waals surface area contributed by atoms with Gasteiger partial charge in [0.25, 0.3) is 0 Å². The zero-order valence-corrected chi connectivity index (χ0v) is 9.34. The molecular weight excluding hydrogens is 208 g/mol. The van der Waals surface area contributed by atoms with Crippen molar-refractivity contribution in [2.75, 3.05) is 5.73 Å². The second-order valence-electron chi connectivity index (χ2n) is 3.19. The van der Waals surface area contributed by atoms with Crippen molar-refractivity contribution in [2.45, 2.75) is 13.0 Å². The van der Waals surface area contributed by atoms with Gasteiger partial charge in [-0.25, -0.2) is 0 Å². The first kappa shape index (κ1) is 11.8. The van der Waals surface area contributed by atoms with Crippen LogP contribution in [0.5, 0.6) is 0 Å². The van der Waals surface area contributed by atoms with Crippen LogP contribution in [-0.2, 0) is 0 Å². The monoisotopic (exact) mass is 222 g/mol. The third kappa shape index (κ3) is 3.42. The van der Waals surface area contributed by atoms with Gasteiger partial charge in [-0.05, 0) is 24.6 Å². The molecule has 0 bridgehead atoms. The van der Waals surface area contributed by atoms with E-state index in [4.69, 9.17) is 16.2 Å². The van der Waals surface area contributed by atoms with Crippen LogP contribution in [0.3, 0.4) is 0 Å². The second kappa shape index (κ2) is 5.00. The molecule has 0 fully saturated rings. The molecule has 0 amide bonds. The van der Waals surface area contributed by atoms with Gasteiger partial charge < -0.3 is 10.8 Å². The predicted molar refractivity (Wildman–Crippen MR) is 66.9 cm³/mol. The van der Waals surface area contributed by atoms with Gasteiger partial charge in [0, 0.05) is 10.6 Å². The standard InChI is InChI=1S/C11H14N2OS/c1-7(14)11(13)15-8(2)9-4-3-5-10(12)6-9/h3-7,13-14H,2,12H2,1H3. The van der Waals surface area contributed by atoms with Crippen LogP contribution in [0.25, 0.3) is 4.91 Å². The van der Waals surface area contributed by atoms with Crippen molar-refractivity contribution in [2.24, 2.45) is 0 Å². The van der Waals surface area contributed by atoms with Crippen LogP contribution in [0.2, 0.25) is 0 Å². The first-order chi connectivity index (χ1) is 7.00. The van der Waals surface area contributed by atoms with E-state index in [1.807, 2.05) is 12.1 Å². The highest BCUT2D eigenvalue weighted by molar-refractivity contribution is 8.21. The van der Waals surface area contributed by atoms with Crippen LogP contribution in [0.1, 0.15) is 12.5 Å². The quantitative estimate of drug-likeness (QED) is 0.417. The fraction of sp³-hybridized carbons (Fsp3) is 0.182. The van der Waals surface area contributed by atoms with Gasteiger partial charge in [0.2, 0.25) is 0 Å². The Morgan fingerprint density at radius 1 is 1.60 bits per heavy atom. The Morgan fingerprint density at radius 2 is 2.27 bits per heavy atom. The lowest BCUT2D eigenvalue weighted by atomic mass is 10.2. The molecule has 0 aliphatic carbocycles. The molecule has 0 saturated carbocycles. The van der Waals surface area contributed by atoms with Gasteiger partial charge in [0.15, 0.2) is 0 Å². The number of rotatable bonds is 3. The number of hydrogen-bond donors (Lipinski definition) is 3. The van der Waals surface area contributed by atoms with Gasteiger partial charge in [-0.15, -0.1) is 0 Å². The molecule has 1 aromatic rings. The molecule has 0 saturated heterocycles. The van der Waals surface area contributed by atoms with Crippen LogP contribution in [0, 0.1) is 5.41 Å². The van der Waals surface area contributed by atoms with E-state index in [1.165, 1.54) is 0 Å². The summed E-state index contributed by atoms with van der Waals surface area (Å²) >= 11 is 1.15. The zero-order valence-electron chi connectivity index (χ0n) is 8.53. The number of aliphatic hydroxyl groups excluding tert-OH is 1. The normalized spacial score (nSPS) is 12.1. The Labute approximate surface area is 93.5 Å². The SMILES string of the molecule is C=C(SC(=N)C(C)O)c1cccc(N)c1. The molecule has 0 radical (unpaired) electrons. The molecule has 1 unspecified atom stereocenters. The smallest absolute Gasteiger partial charge is 0.0989 e. The lowest BCUT2D eigenvalue weighted by molar-refractivity contribution is 0.264. The molecule has 1 atom stereocenters. The maximum atomic E-state index is 9.16. The summed E-state index contributed by atoms with van der Waals surface area (Å²) in [5.74, 6) is 0. The second-order valence-corrected chi connectivity index (χ2v) is 4.33. The van der Waals surface area contributed by atoms with Crippen LogP contribution < -0.4 is 5.73 Å². The Balaban J connectivity index is 2.74. The van der Waals surface area contributed by atoms with E-state index in [-0.39, 0.29) is 5.04 Å². The van der Waals surface area contributed by atoms with Crippen molar-refractivity contribution in [3.05, 3.63) is 36.4 Å². The van der Waals surface area contributed by atoms with Crippen molar-refractivity contribution in [1.29, 1.82) is 5.41 Å². The number of anilines is 1. The average molecular weight is 222 g/mol. The summed E-state index contributed by atoms with van der Waals surface area (Å²) in [5.41, 5.74) is 7.18. The van der Waals surface area contributed by atoms with E-state index < -0.39 is 6.10 Å². The van der Waals surface area contributed by atoms with Gasteiger partial charge >= 0.3 is 0 Å². The van der Waals surface area contributed by atoms with Gasteiger partial charge in [0.1, 0.15) is 0 Å². The summed E-state index contributed by atoms with van der Waals surface area (Å²) in [5, 5.41) is 16.8. The molecule has 80 valence electrons. The maximum absolute atomic E-state index is 9.16. The molecule has 0 aromatic heterocycles. The third-order valence-electron chi connectivity index (χ3n) is 1.82. The van der Waals surface area contributed by atoms with E-state index in [0.29, 0.717) is 10.6 Å². The highest BCUT2D eigenvalue weighted by atomic mass is 32.2. The molecule has 1 aromatic carbocycles. The molecule has 3 nitrogen and oxygen atoms in total. The average Bonchev–Trinajstić information content (AvgIpc) is 2.17. The molecule has 0 aliphatic rings. The molecule has 1 rings (SSSR count). The predicted octanol–water partition coefficient (Wildman–Crippen LogP) is 2.33. The minimum atomic E-state index is -0.757. The molecule has 4 N–H and O–H groups in total. The third-order valence-corrected chi connectivity index (χ3v) is 2.86. The Bertz CT molecular complexity index is 388. The Kier molecular flexibility index (Phi) is 3.94. The fourth-order valence-electron chi connectivity index (χ4n) is 0.989. The van der Waals surface area contributed by atoms with E-state index in [1.54, 1.807) is 19.1 Å². The highest BCUT2D eigenvalue weighted by Gasteiger charge is 2.08. The van der Waals surface area contributed by atoms with Crippen molar-refractivity contribution in [3.8, 4) is 0 Å². The molecule has 0 heterocycles. The summed E-state index contributed by atoms with van der Waals surface area (Å²) in [4.78, 5) is 0.716. The number of benzene rings is 1. The van der Waals surface area contributed by atoms with Crippen LogP contribution in [0.4, 0.5) is 5.69 Å². The summed E-state index contributed by atoms with van der Waals surface area (Å²) in [6.07, 6.45) is -0.757. The summed E-state index contributed by atoms with van der Waals surface area (Å²) in [6.45, 7) is 5.40. The number of aliphatic hydroxyl groups is 1. The zero-order chi connectivity index (χ0) is 11.4. The van der Waals surface area contributed by atoms with Crippen LogP contribution in [-0.4, -0.2) is 16.3 Å². The first-order valence-electron chi connectivity index (χ1n) is 4.50. The minimum absolute atomic E-state index is 0.183. The number of hydrogen-bond acceptors (Lipinski definition) is 4. The summed E-state index contributed by atoms with van der Waals surface area (Å²) < 4.78 is 0. The van der Waals surface area contributed by atoms with E-state index >= 15 is 0 Å². The number of nitrogens with two attached hydrogens (primary N) is 1. The van der Waals surface area contributed by atoms with Crippen molar-refractivity contribution in [1.82, 2.24) is 0 Å². The van der Waals surface area contributed by atoms with Gasteiger partial charge in [0.05, 0.1) is 11.1 Å². The summed E-state index contributed by atoms with van der Waals surface area (Å²) in [7, 11) is 0. The topological polar surface area (TPSA) is 70.1 Å². The van der Waals surface area contributed by atoms with Gasteiger partial charge in [-0.2, -0.15) is 0 Å². The Morgan fingerprint density at radius 3 is 2.80 bits per heavy atom. The number of thioether (sulfide) groups is 1. The minimum Gasteiger partial charge on any atom is -0.399 e. The van der Waals surface area contributed by atoms with Crippen LogP contribution >= 0.6 is 11.8 Å². The highest BCUT2D eigenvalue weighted by Crippen LogP contribution is 2.28. The van der Waals surface area contributed by atoms with E-state index in [0.717, 1.165) is 17.3 Å². The largest absolute Gasteiger partial charge is 0.399 e. The molecule has 4 heteroatoms. The van der Waals surface area contributed by atoms with Gasteiger partial charge in [-0.3, -0.25) is 5.41 Å². The Hall–Kier alpha value is -1.26. The molecule has 0 spiro atoms. The van der Waals surface area contributed by atoms with Gasteiger partial charge in [-0.1, -0.05) is 30.5 Å². The lowest BCUT2D eigenvalue weighted by Gasteiger charge is -2.09. The summed E-state index contributed by atoms with van der Waals surface area (Å²) in [6, 6.07) is 7.30. The molecule has 15 heavy (non-hydrogen) atoms. The lowest BCUT2D eigenvalue weighted by Crippen LogP contribution is -2.10. The first-order valence-corrected chi connectivity index (χ1v) is 5.31. The van der Waals surface area contributed by atoms with Crippen molar-refractivity contribution >= 4 is 27.4 Å². The van der Waals surface area contributed by atoms with E-state index in [2.05, 4.69) is 6.58 Å². The molecular formula is C11H14N2OS. The number of nitrogens with one attached hydrogen (secondary N) is 1. The fourth-order valence-corrected chi connectivity index (χ4v) is 1.67. The van der Waals surface area contributed by atoms with E-state index in [9.17, 15) is 0 Å². The van der Waals surface area contributed by atoms with Crippen LogP contribution in [0.15, 0.2) is 30.8 Å². The molecule has 0 aliphatic heterocycles. The number of nitrogen functional groups attached to an aromatic ring is 1. The van der Waals surface area contributed by atoms with Crippen molar-refractivity contribution in [3.63, 3.8) is 0 Å².